The normalized spacial score (nSPS) is 10.3. The fourth-order valence-corrected chi connectivity index (χ4v) is 1.81. The maximum atomic E-state index is 11.2. The van der Waals surface area contributed by atoms with E-state index in [1.165, 1.54) is 0 Å². The summed E-state index contributed by atoms with van der Waals surface area (Å²) in [5.41, 5.74) is 1.90. The summed E-state index contributed by atoms with van der Waals surface area (Å²) in [5, 5.41) is 6.99. The lowest BCUT2D eigenvalue weighted by atomic mass is 10.2. The predicted molar refractivity (Wildman–Crippen MR) is 74.4 cm³/mol. The molecule has 0 bridgehead atoms. The van der Waals surface area contributed by atoms with Crippen LogP contribution in [0.2, 0.25) is 0 Å². The van der Waals surface area contributed by atoms with Crippen molar-refractivity contribution < 1.29 is 4.79 Å². The van der Waals surface area contributed by atoms with Crippen molar-refractivity contribution in [2.24, 2.45) is 0 Å². The molecule has 0 aliphatic heterocycles. The van der Waals surface area contributed by atoms with Crippen LogP contribution in [0.15, 0.2) is 41.1 Å². The molecule has 0 saturated carbocycles. The van der Waals surface area contributed by atoms with Gasteiger partial charge in [-0.1, -0.05) is 35.0 Å². The first kappa shape index (κ1) is 12.8. The second-order valence-electron chi connectivity index (χ2n) is 3.95. The molecule has 4 nitrogen and oxygen atoms in total. The lowest BCUT2D eigenvalue weighted by Gasteiger charge is -2.02. The average Bonchev–Trinajstić information content (AvgIpc) is 2.79. The molecule has 1 heterocycles. The van der Waals surface area contributed by atoms with E-state index in [4.69, 9.17) is 0 Å². The van der Waals surface area contributed by atoms with Crippen molar-refractivity contribution in [1.82, 2.24) is 9.78 Å². The van der Waals surface area contributed by atoms with E-state index in [2.05, 4.69) is 26.3 Å². The number of hydrogen-bond acceptors (Lipinski definition) is 2. The number of rotatable bonds is 4. The van der Waals surface area contributed by atoms with Crippen LogP contribution in [0.1, 0.15) is 18.9 Å². The van der Waals surface area contributed by atoms with Gasteiger partial charge in [-0.2, -0.15) is 5.10 Å². The van der Waals surface area contributed by atoms with Gasteiger partial charge < -0.3 is 5.32 Å². The molecule has 0 atom stereocenters. The van der Waals surface area contributed by atoms with Crippen molar-refractivity contribution in [1.29, 1.82) is 0 Å². The molecule has 2 rings (SSSR count). The van der Waals surface area contributed by atoms with Crippen molar-refractivity contribution in [3.05, 3.63) is 46.7 Å². The highest BCUT2D eigenvalue weighted by Gasteiger charge is 2.02. The fraction of sp³-hybridized carbons (Fsp3) is 0.231. The molecule has 2 aromatic rings. The summed E-state index contributed by atoms with van der Waals surface area (Å²) in [7, 11) is 0. The number of carbonyl (C=O) groups is 1. The largest absolute Gasteiger partial charge is 0.323 e. The summed E-state index contributed by atoms with van der Waals surface area (Å²) in [6.07, 6.45) is 3.96. The van der Waals surface area contributed by atoms with Crippen molar-refractivity contribution in [2.45, 2.75) is 19.9 Å². The van der Waals surface area contributed by atoms with Gasteiger partial charge in [-0.25, -0.2) is 0 Å². The molecule has 0 saturated heterocycles. The minimum atomic E-state index is -0.00167. The van der Waals surface area contributed by atoms with Gasteiger partial charge in [-0.05, 0) is 17.7 Å². The molecule has 1 aromatic carbocycles. The number of aromatic nitrogens is 2. The minimum absolute atomic E-state index is 0.00167. The Kier molecular flexibility index (Phi) is 4.15. The van der Waals surface area contributed by atoms with Gasteiger partial charge in [-0.15, -0.1) is 0 Å². The van der Waals surface area contributed by atoms with Gasteiger partial charge >= 0.3 is 0 Å². The summed E-state index contributed by atoms with van der Waals surface area (Å²) >= 11 is 3.40. The standard InChI is InChI=1S/C13H14BrN3O/c1-2-13(18)16-12-7-15-17(9-12)8-10-3-5-11(14)6-4-10/h3-7,9H,2,8H2,1H3,(H,16,18). The van der Waals surface area contributed by atoms with E-state index in [1.54, 1.807) is 10.9 Å². The summed E-state index contributed by atoms with van der Waals surface area (Å²) in [6, 6.07) is 8.07. The second-order valence-corrected chi connectivity index (χ2v) is 4.87. The summed E-state index contributed by atoms with van der Waals surface area (Å²) < 4.78 is 2.86. The molecule has 1 N–H and O–H groups in total. The Morgan fingerprint density at radius 1 is 1.39 bits per heavy atom. The number of nitrogens with zero attached hydrogens (tertiary/aromatic N) is 2. The van der Waals surface area contributed by atoms with Crippen LogP contribution < -0.4 is 5.32 Å². The first-order valence-corrected chi connectivity index (χ1v) is 6.53. The maximum Gasteiger partial charge on any atom is 0.224 e. The smallest absolute Gasteiger partial charge is 0.224 e. The lowest BCUT2D eigenvalue weighted by Crippen LogP contribution is -2.08. The molecule has 0 spiro atoms. The van der Waals surface area contributed by atoms with Crippen LogP contribution in [0, 0.1) is 0 Å². The maximum absolute atomic E-state index is 11.2. The number of benzene rings is 1. The average molecular weight is 308 g/mol. The van der Waals surface area contributed by atoms with E-state index in [0.717, 1.165) is 15.7 Å². The predicted octanol–water partition coefficient (Wildman–Crippen LogP) is 3.04. The summed E-state index contributed by atoms with van der Waals surface area (Å²) in [5.74, 6) is -0.00167. The highest BCUT2D eigenvalue weighted by atomic mass is 79.9. The number of carbonyl (C=O) groups excluding carboxylic acids is 1. The van der Waals surface area contributed by atoms with E-state index < -0.39 is 0 Å². The zero-order chi connectivity index (χ0) is 13.0. The summed E-state index contributed by atoms with van der Waals surface area (Å²) in [4.78, 5) is 11.2. The Labute approximate surface area is 114 Å². The molecule has 94 valence electrons. The third-order valence-corrected chi connectivity index (χ3v) is 3.02. The molecule has 0 unspecified atom stereocenters. The zero-order valence-corrected chi connectivity index (χ0v) is 11.6. The summed E-state index contributed by atoms with van der Waals surface area (Å²) in [6.45, 7) is 2.51. The number of amides is 1. The lowest BCUT2D eigenvalue weighted by molar-refractivity contribution is -0.115. The van der Waals surface area contributed by atoms with Gasteiger partial charge in [-0.3, -0.25) is 9.48 Å². The topological polar surface area (TPSA) is 46.9 Å². The van der Waals surface area contributed by atoms with Gasteiger partial charge in [0.1, 0.15) is 0 Å². The number of hydrogen-bond donors (Lipinski definition) is 1. The molecule has 0 fully saturated rings. The highest BCUT2D eigenvalue weighted by molar-refractivity contribution is 9.10. The van der Waals surface area contributed by atoms with E-state index in [0.29, 0.717) is 13.0 Å². The molecular weight excluding hydrogens is 294 g/mol. The van der Waals surface area contributed by atoms with E-state index >= 15 is 0 Å². The Morgan fingerprint density at radius 2 is 2.11 bits per heavy atom. The Bertz CT molecular complexity index is 533. The van der Waals surface area contributed by atoms with E-state index in [9.17, 15) is 4.79 Å². The molecule has 1 amide bonds. The molecule has 0 radical (unpaired) electrons. The van der Waals surface area contributed by atoms with Crippen molar-refractivity contribution in [2.75, 3.05) is 5.32 Å². The minimum Gasteiger partial charge on any atom is -0.323 e. The third-order valence-electron chi connectivity index (χ3n) is 2.50. The number of anilines is 1. The van der Waals surface area contributed by atoms with Crippen LogP contribution >= 0.6 is 15.9 Å². The van der Waals surface area contributed by atoms with Crippen LogP contribution in [0.4, 0.5) is 5.69 Å². The van der Waals surface area contributed by atoms with Crippen LogP contribution in [-0.4, -0.2) is 15.7 Å². The van der Waals surface area contributed by atoms with Crippen LogP contribution in [0.5, 0.6) is 0 Å². The molecule has 1 aromatic heterocycles. The molecule has 0 aliphatic rings. The zero-order valence-electron chi connectivity index (χ0n) is 10.1. The highest BCUT2D eigenvalue weighted by Crippen LogP contribution is 2.12. The Morgan fingerprint density at radius 3 is 2.78 bits per heavy atom. The van der Waals surface area contributed by atoms with Crippen molar-refractivity contribution in [3.8, 4) is 0 Å². The van der Waals surface area contributed by atoms with Crippen LogP contribution in [0.25, 0.3) is 0 Å². The van der Waals surface area contributed by atoms with Gasteiger partial charge in [0.2, 0.25) is 5.91 Å². The Hall–Kier alpha value is -1.62. The molecular formula is C13H14BrN3O. The van der Waals surface area contributed by atoms with Crippen LogP contribution in [0.3, 0.4) is 0 Å². The third kappa shape index (κ3) is 3.43. The Balaban J connectivity index is 2.02. The monoisotopic (exact) mass is 307 g/mol. The quantitative estimate of drug-likeness (QED) is 0.943. The first-order chi connectivity index (χ1) is 8.67. The second kappa shape index (κ2) is 5.82. The van der Waals surface area contributed by atoms with E-state index in [1.807, 2.05) is 37.4 Å². The SMILES string of the molecule is CCC(=O)Nc1cnn(Cc2ccc(Br)cc2)c1. The number of halogens is 1. The first-order valence-electron chi connectivity index (χ1n) is 5.74. The van der Waals surface area contributed by atoms with Gasteiger partial charge in [0, 0.05) is 17.1 Å². The molecule has 5 heteroatoms. The van der Waals surface area contributed by atoms with E-state index in [-0.39, 0.29) is 5.91 Å². The fourth-order valence-electron chi connectivity index (χ4n) is 1.54. The van der Waals surface area contributed by atoms with Crippen molar-refractivity contribution >= 4 is 27.5 Å². The van der Waals surface area contributed by atoms with Crippen molar-refractivity contribution in [3.63, 3.8) is 0 Å². The van der Waals surface area contributed by atoms with Gasteiger partial charge in [0.05, 0.1) is 18.4 Å². The van der Waals surface area contributed by atoms with Crippen LogP contribution in [-0.2, 0) is 11.3 Å². The van der Waals surface area contributed by atoms with Gasteiger partial charge in [0.25, 0.3) is 0 Å². The number of nitrogens with one attached hydrogen (secondary N) is 1. The molecule has 18 heavy (non-hydrogen) atoms. The van der Waals surface area contributed by atoms with Gasteiger partial charge in [0.15, 0.2) is 0 Å². The molecule has 0 aliphatic carbocycles.